The zero-order chi connectivity index (χ0) is 13.3. The van der Waals surface area contributed by atoms with Crippen molar-refractivity contribution in [3.8, 4) is 0 Å². The zero-order valence-corrected chi connectivity index (χ0v) is 12.1. The Morgan fingerprint density at radius 3 is 2.89 bits per heavy atom. The van der Waals surface area contributed by atoms with E-state index in [1.165, 1.54) is 10.5 Å². The average molecular weight is 292 g/mol. The number of hydrogen-bond donors (Lipinski definition) is 1. The first-order valence-electron chi connectivity index (χ1n) is 6.13. The molecule has 102 valence electrons. The standard InChI is InChI=1S/C11H18ClN3O2S/c1-3-10-13-6-11(14-10)18(16,17)15-5-4-8(2)9(12)7-15/h6,8-9H,3-5,7H2,1-2H3,(H,13,14). The molecule has 1 N–H and O–H groups in total. The fourth-order valence-electron chi connectivity index (χ4n) is 2.01. The summed E-state index contributed by atoms with van der Waals surface area (Å²) in [5.41, 5.74) is 0. The van der Waals surface area contributed by atoms with Gasteiger partial charge in [-0.3, -0.25) is 0 Å². The number of nitrogens with zero attached hydrogens (tertiary/aromatic N) is 2. The van der Waals surface area contributed by atoms with Gasteiger partial charge >= 0.3 is 0 Å². The molecule has 2 rings (SSSR count). The van der Waals surface area contributed by atoms with Crippen molar-refractivity contribution in [1.82, 2.24) is 14.3 Å². The van der Waals surface area contributed by atoms with Gasteiger partial charge in [0.2, 0.25) is 0 Å². The molecule has 0 aromatic carbocycles. The van der Waals surface area contributed by atoms with Crippen LogP contribution in [0.5, 0.6) is 0 Å². The van der Waals surface area contributed by atoms with Gasteiger partial charge < -0.3 is 4.98 Å². The topological polar surface area (TPSA) is 66.1 Å². The highest BCUT2D eigenvalue weighted by Gasteiger charge is 2.33. The molecule has 0 aliphatic carbocycles. The number of halogens is 1. The Morgan fingerprint density at radius 1 is 1.61 bits per heavy atom. The Labute approximate surface area is 113 Å². The molecule has 0 spiro atoms. The SMILES string of the molecule is CCc1ncc(S(=O)(=O)N2CCC(C)C(Cl)C2)[nH]1. The predicted molar refractivity (Wildman–Crippen MR) is 70.1 cm³/mol. The first-order valence-corrected chi connectivity index (χ1v) is 8.01. The molecule has 0 radical (unpaired) electrons. The van der Waals surface area contributed by atoms with E-state index in [1.807, 2.05) is 13.8 Å². The average Bonchev–Trinajstić information content (AvgIpc) is 2.81. The van der Waals surface area contributed by atoms with E-state index in [0.717, 1.165) is 6.42 Å². The van der Waals surface area contributed by atoms with Crippen molar-refractivity contribution >= 4 is 21.6 Å². The number of sulfonamides is 1. The first-order chi connectivity index (χ1) is 8.45. The molecule has 1 aliphatic heterocycles. The lowest BCUT2D eigenvalue weighted by Gasteiger charge is -2.32. The lowest BCUT2D eigenvalue weighted by Crippen LogP contribution is -2.43. The summed E-state index contributed by atoms with van der Waals surface area (Å²) >= 11 is 6.16. The maximum atomic E-state index is 12.4. The quantitative estimate of drug-likeness (QED) is 0.861. The minimum atomic E-state index is -3.48. The van der Waals surface area contributed by atoms with Crippen molar-refractivity contribution in [3.63, 3.8) is 0 Å². The van der Waals surface area contributed by atoms with Crippen LogP contribution in [0.4, 0.5) is 0 Å². The van der Waals surface area contributed by atoms with Crippen molar-refractivity contribution in [2.45, 2.75) is 37.1 Å². The van der Waals surface area contributed by atoms with Crippen molar-refractivity contribution < 1.29 is 8.42 Å². The first kappa shape index (κ1) is 13.8. The third-order valence-corrected chi connectivity index (χ3v) is 5.73. The second kappa shape index (κ2) is 5.19. The Morgan fingerprint density at radius 2 is 2.33 bits per heavy atom. The van der Waals surface area contributed by atoms with Crippen LogP contribution in [-0.4, -0.2) is 41.2 Å². The van der Waals surface area contributed by atoms with E-state index in [0.29, 0.717) is 31.3 Å². The number of imidazole rings is 1. The Hall–Kier alpha value is -0.590. The second-order valence-corrected chi connectivity index (χ2v) is 7.16. The van der Waals surface area contributed by atoms with Crippen LogP contribution < -0.4 is 0 Å². The molecule has 2 unspecified atom stereocenters. The van der Waals surface area contributed by atoms with Crippen molar-refractivity contribution in [3.05, 3.63) is 12.0 Å². The molecule has 1 saturated heterocycles. The van der Waals surface area contributed by atoms with Crippen LogP contribution in [0.2, 0.25) is 0 Å². The molecule has 1 fully saturated rings. The molecule has 1 aliphatic rings. The Balaban J connectivity index is 2.21. The van der Waals surface area contributed by atoms with Gasteiger partial charge in [-0.1, -0.05) is 13.8 Å². The molecule has 18 heavy (non-hydrogen) atoms. The Bertz CT molecular complexity index is 514. The summed E-state index contributed by atoms with van der Waals surface area (Å²) in [6.45, 7) is 4.86. The third kappa shape index (κ3) is 2.55. The number of nitrogens with one attached hydrogen (secondary N) is 1. The Kier molecular flexibility index (Phi) is 3.99. The summed E-state index contributed by atoms with van der Waals surface area (Å²) in [5, 5.41) is 0.0415. The molecule has 7 heteroatoms. The van der Waals surface area contributed by atoms with E-state index in [9.17, 15) is 8.42 Å². The number of H-pyrrole nitrogens is 1. The largest absolute Gasteiger partial charge is 0.332 e. The van der Waals surface area contributed by atoms with Gasteiger partial charge in [-0.2, -0.15) is 4.31 Å². The van der Waals surface area contributed by atoms with Crippen LogP contribution in [0.25, 0.3) is 0 Å². The number of aromatic amines is 1. The summed E-state index contributed by atoms with van der Waals surface area (Å²) in [6, 6.07) is 0. The van der Waals surface area contributed by atoms with Gasteiger partial charge in [0.15, 0.2) is 5.03 Å². The van der Waals surface area contributed by atoms with E-state index in [-0.39, 0.29) is 10.4 Å². The van der Waals surface area contributed by atoms with Crippen LogP contribution in [-0.2, 0) is 16.4 Å². The van der Waals surface area contributed by atoms with Gasteiger partial charge in [-0.05, 0) is 12.3 Å². The number of hydrogen-bond acceptors (Lipinski definition) is 3. The molecule has 2 atom stereocenters. The highest BCUT2D eigenvalue weighted by atomic mass is 35.5. The van der Waals surface area contributed by atoms with Crippen molar-refractivity contribution in [2.75, 3.05) is 13.1 Å². The summed E-state index contributed by atoms with van der Waals surface area (Å²) in [6.07, 6.45) is 2.86. The maximum Gasteiger partial charge on any atom is 0.260 e. The van der Waals surface area contributed by atoms with Gasteiger partial charge in [-0.15, -0.1) is 11.6 Å². The number of rotatable bonds is 3. The fourth-order valence-corrected chi connectivity index (χ4v) is 3.79. The highest BCUT2D eigenvalue weighted by Crippen LogP contribution is 2.26. The molecule has 2 heterocycles. The summed E-state index contributed by atoms with van der Waals surface area (Å²) < 4.78 is 26.2. The molecule has 0 bridgehead atoms. The van der Waals surface area contributed by atoms with E-state index in [2.05, 4.69) is 9.97 Å². The normalized spacial score (nSPS) is 26.4. The predicted octanol–water partition coefficient (Wildman–Crippen LogP) is 1.61. The minimum Gasteiger partial charge on any atom is -0.332 e. The van der Waals surface area contributed by atoms with Gasteiger partial charge in [-0.25, -0.2) is 13.4 Å². The lowest BCUT2D eigenvalue weighted by molar-refractivity contribution is 0.292. The summed E-state index contributed by atoms with van der Waals surface area (Å²) in [4.78, 5) is 6.88. The number of aryl methyl sites for hydroxylation is 1. The summed E-state index contributed by atoms with van der Waals surface area (Å²) in [7, 11) is -3.48. The van der Waals surface area contributed by atoms with Crippen molar-refractivity contribution in [1.29, 1.82) is 0 Å². The van der Waals surface area contributed by atoms with Crippen LogP contribution in [0.15, 0.2) is 11.2 Å². The number of aromatic nitrogens is 2. The highest BCUT2D eigenvalue weighted by molar-refractivity contribution is 7.89. The van der Waals surface area contributed by atoms with Gasteiger partial charge in [0.25, 0.3) is 10.0 Å². The van der Waals surface area contributed by atoms with Crippen LogP contribution in [0.3, 0.4) is 0 Å². The molecular weight excluding hydrogens is 274 g/mol. The monoisotopic (exact) mass is 291 g/mol. The zero-order valence-electron chi connectivity index (χ0n) is 10.6. The molecule has 1 aromatic rings. The number of alkyl halides is 1. The second-order valence-electron chi connectivity index (χ2n) is 4.69. The molecule has 5 nitrogen and oxygen atoms in total. The van der Waals surface area contributed by atoms with E-state index < -0.39 is 10.0 Å². The smallest absolute Gasteiger partial charge is 0.260 e. The third-order valence-electron chi connectivity index (χ3n) is 3.39. The van der Waals surface area contributed by atoms with Crippen molar-refractivity contribution in [2.24, 2.45) is 5.92 Å². The van der Waals surface area contributed by atoms with Crippen LogP contribution in [0, 0.1) is 5.92 Å². The van der Waals surface area contributed by atoms with E-state index in [4.69, 9.17) is 11.6 Å². The molecule has 0 amide bonds. The maximum absolute atomic E-state index is 12.4. The molecule has 0 saturated carbocycles. The van der Waals surface area contributed by atoms with E-state index in [1.54, 1.807) is 0 Å². The molecular formula is C11H18ClN3O2S. The van der Waals surface area contributed by atoms with E-state index >= 15 is 0 Å². The minimum absolute atomic E-state index is 0.123. The molecule has 1 aromatic heterocycles. The van der Waals surface area contributed by atoms with Gasteiger partial charge in [0.05, 0.1) is 6.20 Å². The van der Waals surface area contributed by atoms with Crippen LogP contribution in [0.1, 0.15) is 26.1 Å². The van der Waals surface area contributed by atoms with Gasteiger partial charge in [0, 0.05) is 24.9 Å². The number of piperidine rings is 1. The fraction of sp³-hybridized carbons (Fsp3) is 0.727. The van der Waals surface area contributed by atoms with Crippen LogP contribution >= 0.6 is 11.6 Å². The lowest BCUT2D eigenvalue weighted by atomic mass is 10.0. The summed E-state index contributed by atoms with van der Waals surface area (Å²) in [5.74, 6) is 1.03. The van der Waals surface area contributed by atoms with Gasteiger partial charge in [0.1, 0.15) is 5.82 Å².